The van der Waals surface area contributed by atoms with Crippen molar-refractivity contribution >= 4 is 10.1 Å². The first-order valence-electron chi connectivity index (χ1n) is 5.69. The van der Waals surface area contributed by atoms with Crippen LogP contribution in [0.2, 0.25) is 0 Å². The summed E-state index contributed by atoms with van der Waals surface area (Å²) in [5, 5.41) is 10.4. The number of nitrogens with one attached hydrogen (secondary N) is 1. The quantitative estimate of drug-likeness (QED) is 0.339. The summed E-state index contributed by atoms with van der Waals surface area (Å²) in [5.41, 5.74) is 0. The van der Waals surface area contributed by atoms with Gasteiger partial charge in [-0.1, -0.05) is 26.3 Å². The number of hydrogen-bond acceptors (Lipinski definition) is 5. The smallest absolute Gasteiger partial charge is 0.748 e. The van der Waals surface area contributed by atoms with Gasteiger partial charge in [-0.2, -0.15) is 0 Å². The van der Waals surface area contributed by atoms with E-state index in [9.17, 15) is 13.0 Å². The van der Waals surface area contributed by atoms with Crippen LogP contribution in [0.25, 0.3) is 0 Å². The molecule has 0 aliphatic rings. The second-order valence-electron chi connectivity index (χ2n) is 3.17. The van der Waals surface area contributed by atoms with Gasteiger partial charge >= 0.3 is 29.6 Å². The van der Waals surface area contributed by atoms with Crippen molar-refractivity contribution in [2.45, 2.75) is 33.1 Å². The van der Waals surface area contributed by atoms with Crippen LogP contribution >= 0.6 is 0 Å². The normalized spacial score (nSPS) is 8.94. The van der Waals surface area contributed by atoms with Crippen molar-refractivity contribution in [2.24, 2.45) is 0 Å². The van der Waals surface area contributed by atoms with E-state index >= 15 is 0 Å². The van der Waals surface area contributed by atoms with Crippen LogP contribution in [0.5, 0.6) is 0 Å². The molecule has 0 rings (SSSR count). The van der Waals surface area contributed by atoms with Gasteiger partial charge in [0.05, 0.1) is 15.9 Å². The van der Waals surface area contributed by atoms with Crippen molar-refractivity contribution in [3.8, 4) is 0 Å². The maximum absolute atomic E-state index is 9.79. The molecule has 0 radical (unpaired) electrons. The van der Waals surface area contributed by atoms with Crippen molar-refractivity contribution in [1.29, 1.82) is 0 Å². The minimum atomic E-state index is -4.00. The Morgan fingerprint density at radius 3 is 1.83 bits per heavy atom. The fourth-order valence-electron chi connectivity index (χ4n) is 0.431. The first-order chi connectivity index (χ1) is 7.89. The largest absolute Gasteiger partial charge is 1.00 e. The van der Waals surface area contributed by atoms with Gasteiger partial charge in [-0.3, -0.25) is 0 Å². The van der Waals surface area contributed by atoms with Crippen molar-refractivity contribution in [2.75, 3.05) is 26.0 Å². The zero-order valence-electron chi connectivity index (χ0n) is 12.1. The molecular weight excluding hydrogens is 265 g/mol. The van der Waals surface area contributed by atoms with Gasteiger partial charge in [0.25, 0.3) is 0 Å². The van der Waals surface area contributed by atoms with Crippen molar-refractivity contribution in [1.82, 2.24) is 5.32 Å². The zero-order valence-corrected chi connectivity index (χ0v) is 14.9. The van der Waals surface area contributed by atoms with Crippen LogP contribution in [0, 0.1) is 0 Å². The third-order valence-corrected chi connectivity index (χ3v) is 2.02. The maximum Gasteiger partial charge on any atom is 1.00 e. The van der Waals surface area contributed by atoms with Gasteiger partial charge in [-0.15, -0.1) is 6.58 Å². The van der Waals surface area contributed by atoms with Crippen molar-refractivity contribution < 1.29 is 47.6 Å². The molecule has 0 aliphatic heterocycles. The Morgan fingerprint density at radius 1 is 1.33 bits per heavy atom. The van der Waals surface area contributed by atoms with Gasteiger partial charge in [0, 0.05) is 13.2 Å². The van der Waals surface area contributed by atoms with E-state index in [0.717, 1.165) is 12.8 Å². The average Bonchev–Trinajstić information content (AvgIpc) is 2.28. The van der Waals surface area contributed by atoms with E-state index in [4.69, 9.17) is 5.11 Å². The first-order valence-corrected chi connectivity index (χ1v) is 7.27. The molecule has 0 aromatic rings. The van der Waals surface area contributed by atoms with Crippen LogP contribution in [0.15, 0.2) is 12.7 Å². The molecule has 2 N–H and O–H groups in total. The molecule has 0 unspecified atom stereocenters. The Balaban J connectivity index is -0.0000000855. The summed E-state index contributed by atoms with van der Waals surface area (Å²) >= 11 is 0. The third kappa shape index (κ3) is 54.7. The molecule has 106 valence electrons. The van der Waals surface area contributed by atoms with Crippen LogP contribution < -0.4 is 34.9 Å². The Labute approximate surface area is 134 Å². The Morgan fingerprint density at radius 2 is 1.78 bits per heavy atom. The molecular formula is C11H26NNaO4S. The van der Waals surface area contributed by atoms with E-state index in [0.29, 0.717) is 6.61 Å². The second kappa shape index (κ2) is 22.7. The number of hydrogen-bond donors (Lipinski definition) is 2. The molecule has 0 aliphatic carbocycles. The van der Waals surface area contributed by atoms with Crippen molar-refractivity contribution in [3.63, 3.8) is 0 Å². The molecule has 0 saturated heterocycles. The van der Waals surface area contributed by atoms with Crippen LogP contribution in [0.1, 0.15) is 33.1 Å². The Hall–Kier alpha value is 0.570. The summed E-state index contributed by atoms with van der Waals surface area (Å²) < 4.78 is 29.4. The number of aliphatic hydroxyl groups excluding tert-OH is 1. The third-order valence-electron chi connectivity index (χ3n) is 1.32. The Kier molecular flexibility index (Phi) is 34.1. The average molecular weight is 291 g/mol. The summed E-state index contributed by atoms with van der Waals surface area (Å²) in [4.78, 5) is 0. The molecule has 0 aromatic heterocycles. The van der Waals surface area contributed by atoms with E-state index in [1.54, 1.807) is 7.05 Å². The van der Waals surface area contributed by atoms with E-state index in [2.05, 4.69) is 18.8 Å². The summed E-state index contributed by atoms with van der Waals surface area (Å²) in [6, 6.07) is 0. The van der Waals surface area contributed by atoms with Crippen LogP contribution in [0.3, 0.4) is 0 Å². The van der Waals surface area contributed by atoms with E-state index < -0.39 is 10.1 Å². The van der Waals surface area contributed by atoms with Gasteiger partial charge in [0.1, 0.15) is 0 Å². The standard InChI is InChI=1S/C5H10.C3H9NO3S.C3H8O.Na/c1-3-5-4-2;1-4-2-3-8(5,6)7;1-2-3-4;/h3H,1,4-5H2,2H3;4H,2-3H2,1H3,(H,5,6,7);4H,2-3H2,1H3;/q;;;+1/p-1. The van der Waals surface area contributed by atoms with E-state index in [-0.39, 0.29) is 41.9 Å². The predicted octanol–water partition coefficient (Wildman–Crippen LogP) is -1.88. The number of unbranched alkanes of at least 4 members (excludes halogenated alkanes) is 1. The van der Waals surface area contributed by atoms with Gasteiger partial charge in [-0.25, -0.2) is 8.42 Å². The molecule has 0 spiro atoms. The minimum Gasteiger partial charge on any atom is -0.748 e. The molecule has 5 nitrogen and oxygen atoms in total. The second-order valence-corrected chi connectivity index (χ2v) is 4.69. The van der Waals surface area contributed by atoms with E-state index in [1.165, 1.54) is 6.42 Å². The number of allylic oxidation sites excluding steroid dienone is 1. The molecule has 7 heteroatoms. The molecule has 0 atom stereocenters. The fourth-order valence-corrected chi connectivity index (χ4v) is 0.885. The first kappa shape index (κ1) is 27.0. The maximum atomic E-state index is 9.79. The van der Waals surface area contributed by atoms with Crippen molar-refractivity contribution in [3.05, 3.63) is 12.7 Å². The topological polar surface area (TPSA) is 89.5 Å². The zero-order chi connectivity index (χ0) is 14.2. The van der Waals surface area contributed by atoms with E-state index in [1.807, 2.05) is 13.0 Å². The molecule has 0 bridgehead atoms. The van der Waals surface area contributed by atoms with Gasteiger partial charge in [-0.05, 0) is 19.9 Å². The summed E-state index contributed by atoms with van der Waals surface area (Å²) in [6.45, 7) is 8.17. The SMILES string of the molecule is C=CCCC.CCCO.CNCCS(=O)(=O)[O-].[Na+]. The van der Waals surface area contributed by atoms with Gasteiger partial charge in [0.2, 0.25) is 0 Å². The predicted molar refractivity (Wildman–Crippen MR) is 71.0 cm³/mol. The van der Waals surface area contributed by atoms with Crippen LogP contribution in [-0.4, -0.2) is 44.0 Å². The molecule has 0 heterocycles. The molecule has 0 amide bonds. The fraction of sp³-hybridized carbons (Fsp3) is 0.818. The summed E-state index contributed by atoms with van der Waals surface area (Å²) in [6.07, 6.45) is 5.18. The summed E-state index contributed by atoms with van der Waals surface area (Å²) in [7, 11) is -2.41. The van der Waals surface area contributed by atoms with Gasteiger partial charge < -0.3 is 15.0 Å². The molecule has 0 saturated carbocycles. The van der Waals surface area contributed by atoms with Gasteiger partial charge in [0.15, 0.2) is 0 Å². The monoisotopic (exact) mass is 291 g/mol. The van der Waals surface area contributed by atoms with Crippen LogP contribution in [0.4, 0.5) is 0 Å². The molecule has 0 fully saturated rings. The molecule has 0 aromatic carbocycles. The Bertz CT molecular complexity index is 231. The molecule has 18 heavy (non-hydrogen) atoms. The number of rotatable bonds is 6. The minimum absolute atomic E-state index is 0. The number of aliphatic hydroxyl groups is 1. The summed E-state index contributed by atoms with van der Waals surface area (Å²) in [5.74, 6) is -0.330. The van der Waals surface area contributed by atoms with Crippen LogP contribution in [-0.2, 0) is 10.1 Å².